The summed E-state index contributed by atoms with van der Waals surface area (Å²) in [5.74, 6) is 1.25. The van der Waals surface area contributed by atoms with Gasteiger partial charge in [0.1, 0.15) is 0 Å². The normalized spacial score (nSPS) is 47.0. The second kappa shape index (κ2) is 4.06. The van der Waals surface area contributed by atoms with Gasteiger partial charge in [-0.05, 0) is 57.5 Å². The molecule has 0 unspecified atom stereocenters. The zero-order valence-corrected chi connectivity index (χ0v) is 9.57. The van der Waals surface area contributed by atoms with Gasteiger partial charge in [0, 0.05) is 12.0 Å². The Kier molecular flexibility index (Phi) is 2.73. The molecule has 1 saturated heterocycles. The van der Waals surface area contributed by atoms with Gasteiger partial charge in [0.25, 0.3) is 0 Å². The highest BCUT2D eigenvalue weighted by molar-refractivity contribution is 4.96. The summed E-state index contributed by atoms with van der Waals surface area (Å²) in [6.45, 7) is 2.58. The topological polar surface area (TPSA) is 23.5 Å². The van der Waals surface area contributed by atoms with Gasteiger partial charge in [-0.3, -0.25) is 0 Å². The van der Waals surface area contributed by atoms with Gasteiger partial charge in [-0.15, -0.1) is 0 Å². The molecular weight excluding hydrogens is 186 g/mol. The van der Waals surface area contributed by atoms with E-state index >= 15 is 0 Å². The molecule has 0 spiro atoms. The average Bonchev–Trinajstić information content (AvgIpc) is 2.70. The van der Waals surface area contributed by atoms with E-state index in [1.807, 2.05) is 0 Å². The molecular formula is C13H23NO. The molecule has 0 aromatic carbocycles. The number of aliphatic hydroxyl groups is 1. The van der Waals surface area contributed by atoms with E-state index in [-0.39, 0.29) is 6.10 Å². The summed E-state index contributed by atoms with van der Waals surface area (Å²) < 4.78 is 0. The maximum atomic E-state index is 10.3. The van der Waals surface area contributed by atoms with Crippen molar-refractivity contribution in [3.63, 3.8) is 0 Å². The number of nitrogens with zero attached hydrogens (tertiary/aromatic N) is 1. The fourth-order valence-electron chi connectivity index (χ4n) is 4.17. The Morgan fingerprint density at radius 3 is 2.47 bits per heavy atom. The zero-order chi connectivity index (χ0) is 10.3. The molecule has 4 atom stereocenters. The number of hydrogen-bond donors (Lipinski definition) is 1. The number of rotatable bonds is 1. The lowest BCUT2D eigenvalue weighted by molar-refractivity contribution is -0.0580. The van der Waals surface area contributed by atoms with E-state index in [1.165, 1.54) is 58.0 Å². The highest BCUT2D eigenvalue weighted by Gasteiger charge is 2.43. The van der Waals surface area contributed by atoms with Crippen molar-refractivity contribution in [1.29, 1.82) is 0 Å². The summed E-state index contributed by atoms with van der Waals surface area (Å²) in [6.07, 6.45) is 9.33. The Bertz CT molecular complexity index is 225. The molecule has 0 radical (unpaired) electrons. The maximum absolute atomic E-state index is 10.3. The highest BCUT2D eigenvalue weighted by atomic mass is 16.3. The summed E-state index contributed by atoms with van der Waals surface area (Å²) in [5, 5.41) is 10.3. The van der Waals surface area contributed by atoms with Gasteiger partial charge in [-0.2, -0.15) is 0 Å². The van der Waals surface area contributed by atoms with Crippen molar-refractivity contribution in [3.05, 3.63) is 0 Å². The molecule has 0 aromatic heterocycles. The molecule has 1 aliphatic heterocycles. The molecule has 2 nitrogen and oxygen atoms in total. The number of likely N-dealkylation sites (tertiary alicyclic amines) is 1. The molecule has 1 heterocycles. The summed E-state index contributed by atoms with van der Waals surface area (Å²) in [6, 6.07) is 0.721. The predicted molar refractivity (Wildman–Crippen MR) is 60.7 cm³/mol. The van der Waals surface area contributed by atoms with E-state index in [9.17, 15) is 5.11 Å². The third-order valence-corrected chi connectivity index (χ3v) is 4.97. The van der Waals surface area contributed by atoms with E-state index in [1.54, 1.807) is 0 Å². The lowest BCUT2D eigenvalue weighted by Gasteiger charge is -2.47. The molecule has 3 fully saturated rings. The molecule has 3 aliphatic rings. The van der Waals surface area contributed by atoms with Gasteiger partial charge >= 0.3 is 0 Å². The molecule has 0 aromatic rings. The van der Waals surface area contributed by atoms with Gasteiger partial charge in [0.15, 0.2) is 0 Å². The second-order valence-electron chi connectivity index (χ2n) is 5.73. The summed E-state index contributed by atoms with van der Waals surface area (Å²) >= 11 is 0. The smallest absolute Gasteiger partial charge is 0.0611 e. The van der Waals surface area contributed by atoms with Crippen molar-refractivity contribution in [2.24, 2.45) is 11.8 Å². The van der Waals surface area contributed by atoms with Crippen LogP contribution < -0.4 is 0 Å². The largest absolute Gasteiger partial charge is 0.392 e. The van der Waals surface area contributed by atoms with Gasteiger partial charge in [0.2, 0.25) is 0 Å². The molecule has 2 heteroatoms. The van der Waals surface area contributed by atoms with Crippen LogP contribution in [0.5, 0.6) is 0 Å². The van der Waals surface area contributed by atoms with Crippen molar-refractivity contribution in [2.45, 2.75) is 57.1 Å². The first-order valence-electron chi connectivity index (χ1n) is 6.78. The predicted octanol–water partition coefficient (Wildman–Crippen LogP) is 2.02. The summed E-state index contributed by atoms with van der Waals surface area (Å²) in [7, 11) is 0. The van der Waals surface area contributed by atoms with Crippen molar-refractivity contribution in [2.75, 3.05) is 13.1 Å². The van der Waals surface area contributed by atoms with Crippen LogP contribution in [0.25, 0.3) is 0 Å². The molecule has 86 valence electrons. The third kappa shape index (κ3) is 1.72. The minimum Gasteiger partial charge on any atom is -0.392 e. The monoisotopic (exact) mass is 209 g/mol. The standard InChI is InChI=1S/C13H23NO/c15-13-10-4-3-5-11(13)12(7-6-10)14-8-1-2-9-14/h10-13,15H,1-9H2/t10-,11-,12-,13+/m0/s1. The van der Waals surface area contributed by atoms with E-state index in [2.05, 4.69) is 4.90 Å². The van der Waals surface area contributed by atoms with Crippen molar-refractivity contribution in [1.82, 2.24) is 4.90 Å². The number of fused-ring (bicyclic) bond motifs is 2. The van der Waals surface area contributed by atoms with Crippen molar-refractivity contribution < 1.29 is 5.11 Å². The quantitative estimate of drug-likeness (QED) is 0.714. The fraction of sp³-hybridized carbons (Fsp3) is 1.00. The second-order valence-corrected chi connectivity index (χ2v) is 5.73. The number of hydrogen-bond acceptors (Lipinski definition) is 2. The average molecular weight is 209 g/mol. The minimum atomic E-state index is 0.0260. The molecule has 2 aliphatic carbocycles. The summed E-state index contributed by atoms with van der Waals surface area (Å²) in [4.78, 5) is 2.66. The highest BCUT2D eigenvalue weighted by Crippen LogP contribution is 2.42. The van der Waals surface area contributed by atoms with E-state index in [0.29, 0.717) is 11.8 Å². The lowest BCUT2D eigenvalue weighted by Crippen LogP contribution is -2.51. The Morgan fingerprint density at radius 2 is 1.67 bits per heavy atom. The molecule has 2 bridgehead atoms. The van der Waals surface area contributed by atoms with Crippen LogP contribution in [0.1, 0.15) is 44.9 Å². The van der Waals surface area contributed by atoms with Crippen LogP contribution >= 0.6 is 0 Å². The summed E-state index contributed by atoms with van der Waals surface area (Å²) in [5.41, 5.74) is 0. The Hall–Kier alpha value is -0.0800. The van der Waals surface area contributed by atoms with E-state index in [4.69, 9.17) is 0 Å². The van der Waals surface area contributed by atoms with Crippen LogP contribution in [-0.4, -0.2) is 35.2 Å². The maximum Gasteiger partial charge on any atom is 0.0611 e. The molecule has 15 heavy (non-hydrogen) atoms. The van der Waals surface area contributed by atoms with Gasteiger partial charge in [-0.25, -0.2) is 0 Å². The van der Waals surface area contributed by atoms with Crippen LogP contribution in [0, 0.1) is 11.8 Å². The first-order valence-corrected chi connectivity index (χ1v) is 6.78. The first kappa shape index (κ1) is 10.1. The molecule has 3 rings (SSSR count). The lowest BCUT2D eigenvalue weighted by atomic mass is 9.67. The van der Waals surface area contributed by atoms with Crippen LogP contribution in [-0.2, 0) is 0 Å². The Labute approximate surface area is 92.7 Å². The first-order chi connectivity index (χ1) is 7.36. The van der Waals surface area contributed by atoms with Gasteiger partial charge < -0.3 is 10.0 Å². The zero-order valence-electron chi connectivity index (χ0n) is 9.57. The van der Waals surface area contributed by atoms with Crippen LogP contribution in [0.15, 0.2) is 0 Å². The third-order valence-electron chi connectivity index (χ3n) is 4.97. The Balaban J connectivity index is 1.73. The van der Waals surface area contributed by atoms with E-state index in [0.717, 1.165) is 6.04 Å². The number of aliphatic hydroxyl groups excluding tert-OH is 1. The van der Waals surface area contributed by atoms with Crippen LogP contribution in [0.3, 0.4) is 0 Å². The van der Waals surface area contributed by atoms with Crippen LogP contribution in [0.2, 0.25) is 0 Å². The fourth-order valence-corrected chi connectivity index (χ4v) is 4.17. The van der Waals surface area contributed by atoms with Crippen molar-refractivity contribution in [3.8, 4) is 0 Å². The molecule has 0 amide bonds. The van der Waals surface area contributed by atoms with Crippen molar-refractivity contribution >= 4 is 0 Å². The molecule has 1 N–H and O–H groups in total. The minimum absolute atomic E-state index is 0.0260. The van der Waals surface area contributed by atoms with Gasteiger partial charge in [-0.1, -0.05) is 6.42 Å². The van der Waals surface area contributed by atoms with E-state index < -0.39 is 0 Å². The van der Waals surface area contributed by atoms with Gasteiger partial charge in [0.05, 0.1) is 6.10 Å². The molecule has 2 saturated carbocycles. The van der Waals surface area contributed by atoms with Crippen LogP contribution in [0.4, 0.5) is 0 Å². The Morgan fingerprint density at radius 1 is 0.867 bits per heavy atom. The SMILES string of the molecule is O[C@@H]1[C@H]2CCC[C@H]1[C@@H](N1CCCC1)CC2.